The molecule has 0 rings (SSSR count). The largest absolute Gasteiger partial charge is 0.351 e. The van der Waals surface area contributed by atoms with E-state index in [1.165, 1.54) is 70.6 Å². The molecule has 29 heavy (non-hydrogen) atoms. The Kier molecular flexibility index (Phi) is 20.5. The standard InChI is InChI=1S/C17H36.C7H13BrN2O2/c1-5-7-8-9-10-11-12-13-15-17(4)16(3)14-6-2;1-3-7(8,4-2)5(11)10-6(9)12/h16-17H,5-15H2,1-4H3;3-4H2,1-2H3,(H3,9,10,11,12). The van der Waals surface area contributed by atoms with Crippen LogP contribution >= 0.6 is 15.9 Å². The molecule has 0 aliphatic rings. The molecular formula is C24H49BrN2O2. The van der Waals surface area contributed by atoms with Gasteiger partial charge in [0.05, 0.1) is 0 Å². The lowest BCUT2D eigenvalue weighted by molar-refractivity contribution is -0.122. The van der Waals surface area contributed by atoms with Gasteiger partial charge in [-0.05, 0) is 24.7 Å². The number of nitrogens with one attached hydrogen (secondary N) is 1. The van der Waals surface area contributed by atoms with Crippen LogP contribution in [-0.2, 0) is 4.79 Å². The third-order valence-corrected chi connectivity index (χ3v) is 7.47. The highest BCUT2D eigenvalue weighted by Gasteiger charge is 2.32. The Morgan fingerprint density at radius 2 is 1.24 bits per heavy atom. The summed E-state index contributed by atoms with van der Waals surface area (Å²) in [5.41, 5.74) is 4.81. The van der Waals surface area contributed by atoms with E-state index in [0.717, 1.165) is 11.8 Å². The highest BCUT2D eigenvalue weighted by Crippen LogP contribution is 2.26. The van der Waals surface area contributed by atoms with Crippen LogP contribution < -0.4 is 11.1 Å². The molecule has 0 heterocycles. The summed E-state index contributed by atoms with van der Waals surface area (Å²) in [5.74, 6) is 1.50. The Balaban J connectivity index is 0. The molecule has 3 amide bonds. The van der Waals surface area contributed by atoms with E-state index in [4.69, 9.17) is 5.73 Å². The van der Waals surface area contributed by atoms with Crippen LogP contribution in [0.1, 0.15) is 125 Å². The Bertz CT molecular complexity index is 412. The molecule has 4 nitrogen and oxygen atoms in total. The average molecular weight is 478 g/mol. The number of halogens is 1. The van der Waals surface area contributed by atoms with E-state index in [-0.39, 0.29) is 5.91 Å². The van der Waals surface area contributed by atoms with Crippen molar-refractivity contribution in [3.63, 3.8) is 0 Å². The third kappa shape index (κ3) is 16.9. The molecule has 174 valence electrons. The van der Waals surface area contributed by atoms with Gasteiger partial charge in [0.2, 0.25) is 5.91 Å². The van der Waals surface area contributed by atoms with Crippen molar-refractivity contribution in [3.05, 3.63) is 0 Å². The van der Waals surface area contributed by atoms with Crippen molar-refractivity contribution < 1.29 is 9.59 Å². The minimum atomic E-state index is -0.814. The highest BCUT2D eigenvalue weighted by atomic mass is 79.9. The molecule has 0 aromatic heterocycles. The second-order valence-corrected chi connectivity index (χ2v) is 10.0. The fourth-order valence-electron chi connectivity index (χ4n) is 3.42. The van der Waals surface area contributed by atoms with E-state index >= 15 is 0 Å². The number of carbonyl (C=O) groups excluding carboxylic acids is 2. The van der Waals surface area contributed by atoms with Crippen molar-refractivity contribution in [2.45, 2.75) is 129 Å². The van der Waals surface area contributed by atoms with Gasteiger partial charge < -0.3 is 5.73 Å². The van der Waals surface area contributed by atoms with E-state index in [0.29, 0.717) is 12.8 Å². The lowest BCUT2D eigenvalue weighted by Gasteiger charge is -2.21. The maximum atomic E-state index is 11.3. The lowest BCUT2D eigenvalue weighted by Crippen LogP contribution is -2.46. The number of rotatable bonds is 15. The van der Waals surface area contributed by atoms with Crippen molar-refractivity contribution in [2.75, 3.05) is 0 Å². The average Bonchev–Trinajstić information content (AvgIpc) is 2.69. The summed E-state index contributed by atoms with van der Waals surface area (Å²) in [6, 6.07) is -0.814. The van der Waals surface area contributed by atoms with Gasteiger partial charge in [0.25, 0.3) is 0 Å². The molecule has 0 aromatic carbocycles. The van der Waals surface area contributed by atoms with Crippen molar-refractivity contribution in [3.8, 4) is 0 Å². The molecule has 2 unspecified atom stereocenters. The zero-order valence-electron chi connectivity index (χ0n) is 20.1. The van der Waals surface area contributed by atoms with E-state index in [1.54, 1.807) is 0 Å². The predicted octanol–water partition coefficient (Wildman–Crippen LogP) is 7.72. The molecule has 3 N–H and O–H groups in total. The first-order valence-corrected chi connectivity index (χ1v) is 12.8. The molecule has 0 aliphatic heterocycles. The molecule has 5 heteroatoms. The van der Waals surface area contributed by atoms with E-state index < -0.39 is 10.4 Å². The van der Waals surface area contributed by atoms with E-state index in [2.05, 4.69) is 43.6 Å². The number of amides is 3. The number of primary amides is 1. The van der Waals surface area contributed by atoms with Crippen molar-refractivity contribution in [1.29, 1.82) is 0 Å². The van der Waals surface area contributed by atoms with Gasteiger partial charge in [-0.2, -0.15) is 0 Å². The zero-order valence-corrected chi connectivity index (χ0v) is 21.7. The summed E-state index contributed by atoms with van der Waals surface area (Å²) in [6.07, 6.45) is 17.0. The Hall–Kier alpha value is -0.580. The number of nitrogens with two attached hydrogens (primary N) is 1. The monoisotopic (exact) mass is 476 g/mol. The van der Waals surface area contributed by atoms with Gasteiger partial charge >= 0.3 is 6.03 Å². The van der Waals surface area contributed by atoms with E-state index in [1.807, 2.05) is 19.2 Å². The van der Waals surface area contributed by atoms with Gasteiger partial charge in [-0.15, -0.1) is 0 Å². The molecule has 2 atom stereocenters. The smallest absolute Gasteiger partial charge is 0.318 e. The van der Waals surface area contributed by atoms with Crippen LogP contribution in [0.2, 0.25) is 0 Å². The van der Waals surface area contributed by atoms with Crippen LogP contribution in [0.3, 0.4) is 0 Å². The number of carbonyl (C=O) groups is 2. The molecule has 0 aliphatic carbocycles. The van der Waals surface area contributed by atoms with Crippen molar-refractivity contribution in [1.82, 2.24) is 5.32 Å². The Morgan fingerprint density at radius 1 is 0.793 bits per heavy atom. The van der Waals surface area contributed by atoms with Crippen LogP contribution in [0, 0.1) is 11.8 Å². The van der Waals surface area contributed by atoms with Gasteiger partial charge in [-0.25, -0.2) is 4.79 Å². The Morgan fingerprint density at radius 3 is 1.66 bits per heavy atom. The zero-order chi connectivity index (χ0) is 22.7. The second-order valence-electron chi connectivity index (χ2n) is 8.50. The molecular weight excluding hydrogens is 428 g/mol. The molecule has 0 aromatic rings. The quantitative estimate of drug-likeness (QED) is 0.187. The van der Waals surface area contributed by atoms with Crippen molar-refractivity contribution in [2.24, 2.45) is 17.6 Å². The minimum absolute atomic E-state index is 0.375. The molecule has 0 radical (unpaired) electrons. The maximum absolute atomic E-state index is 11.3. The SMILES string of the molecule is CCC(Br)(CC)C(=O)NC(N)=O.CCCCCCCCCCC(C)C(C)CCC. The number of alkyl halides is 1. The Labute approximate surface area is 189 Å². The van der Waals surface area contributed by atoms with Crippen LogP contribution in [0.5, 0.6) is 0 Å². The van der Waals surface area contributed by atoms with Gasteiger partial charge in [0.15, 0.2) is 0 Å². The van der Waals surface area contributed by atoms with Gasteiger partial charge in [0, 0.05) is 0 Å². The van der Waals surface area contributed by atoms with Crippen LogP contribution in [-0.4, -0.2) is 16.3 Å². The highest BCUT2D eigenvalue weighted by molar-refractivity contribution is 9.10. The number of unbranched alkanes of at least 4 members (excludes halogenated alkanes) is 7. The molecule has 0 fully saturated rings. The maximum Gasteiger partial charge on any atom is 0.318 e. The predicted molar refractivity (Wildman–Crippen MR) is 130 cm³/mol. The van der Waals surface area contributed by atoms with Crippen LogP contribution in [0.25, 0.3) is 0 Å². The topological polar surface area (TPSA) is 72.2 Å². The summed E-state index contributed by atoms with van der Waals surface area (Å²) >= 11 is 3.26. The van der Waals surface area contributed by atoms with E-state index in [9.17, 15) is 9.59 Å². The summed E-state index contributed by atoms with van der Waals surface area (Å²) in [5, 5.41) is 2.04. The minimum Gasteiger partial charge on any atom is -0.351 e. The summed E-state index contributed by atoms with van der Waals surface area (Å²) in [4.78, 5) is 21.6. The molecule has 0 spiro atoms. The first kappa shape index (κ1) is 30.6. The molecule has 0 bridgehead atoms. The van der Waals surface area contributed by atoms with Gasteiger partial charge in [0.1, 0.15) is 4.32 Å². The second kappa shape index (κ2) is 19.4. The van der Waals surface area contributed by atoms with Crippen LogP contribution in [0.15, 0.2) is 0 Å². The number of hydrogen-bond donors (Lipinski definition) is 2. The number of urea groups is 1. The molecule has 0 saturated heterocycles. The number of hydrogen-bond acceptors (Lipinski definition) is 2. The fraction of sp³-hybridized carbons (Fsp3) is 0.917. The number of imide groups is 1. The summed E-state index contributed by atoms with van der Waals surface area (Å²) < 4.78 is -0.665. The normalized spacial score (nSPS) is 13.2. The first-order valence-electron chi connectivity index (χ1n) is 12.0. The van der Waals surface area contributed by atoms with Crippen molar-refractivity contribution >= 4 is 27.9 Å². The molecule has 0 saturated carbocycles. The van der Waals surface area contributed by atoms with Gasteiger partial charge in [-0.1, -0.05) is 128 Å². The summed E-state index contributed by atoms with van der Waals surface area (Å²) in [6.45, 7) is 13.2. The lowest BCUT2D eigenvalue weighted by atomic mass is 9.87. The first-order chi connectivity index (χ1) is 13.7. The van der Waals surface area contributed by atoms with Crippen LogP contribution in [0.4, 0.5) is 4.79 Å². The third-order valence-electron chi connectivity index (χ3n) is 5.99. The van der Waals surface area contributed by atoms with Gasteiger partial charge in [-0.3, -0.25) is 10.1 Å². The summed E-state index contributed by atoms with van der Waals surface area (Å²) in [7, 11) is 0. The fourth-order valence-corrected chi connectivity index (χ4v) is 3.52.